The van der Waals surface area contributed by atoms with Crippen molar-refractivity contribution in [1.29, 1.82) is 0 Å². The summed E-state index contributed by atoms with van der Waals surface area (Å²) in [5.41, 5.74) is 0.352. The number of hydrogen-bond acceptors (Lipinski definition) is 1. The fourth-order valence-corrected chi connectivity index (χ4v) is 3.49. The molecule has 2 fully saturated rings. The van der Waals surface area contributed by atoms with Crippen molar-refractivity contribution < 1.29 is 4.74 Å². The molecular weight excluding hydrogens is 208 g/mol. The Morgan fingerprint density at radius 2 is 1.80 bits per heavy atom. The molecule has 0 amide bonds. The Labute approximate surface area is 98.5 Å². The van der Waals surface area contributed by atoms with Crippen LogP contribution in [0.4, 0.5) is 0 Å². The summed E-state index contributed by atoms with van der Waals surface area (Å²) in [6.07, 6.45) is 7.15. The van der Waals surface area contributed by atoms with E-state index in [-0.39, 0.29) is 0 Å². The zero-order chi connectivity index (χ0) is 11.1. The Balaban J connectivity index is 1.94. The van der Waals surface area contributed by atoms with Crippen molar-refractivity contribution in [2.45, 2.75) is 70.5 Å². The van der Waals surface area contributed by atoms with E-state index in [1.165, 1.54) is 25.7 Å². The molecule has 15 heavy (non-hydrogen) atoms. The van der Waals surface area contributed by atoms with Gasteiger partial charge in [0.1, 0.15) is 0 Å². The quantitative estimate of drug-likeness (QED) is 0.667. The second kappa shape index (κ2) is 4.25. The van der Waals surface area contributed by atoms with E-state index in [1.807, 2.05) is 0 Å². The number of ether oxygens (including phenoxy) is 1. The topological polar surface area (TPSA) is 9.23 Å². The first-order chi connectivity index (χ1) is 7.06. The van der Waals surface area contributed by atoms with Gasteiger partial charge >= 0.3 is 0 Å². The molecule has 1 nitrogen and oxygen atoms in total. The summed E-state index contributed by atoms with van der Waals surface area (Å²) < 4.78 is 6.17. The molecule has 0 heterocycles. The van der Waals surface area contributed by atoms with Crippen LogP contribution in [0.3, 0.4) is 0 Å². The van der Waals surface area contributed by atoms with Gasteiger partial charge in [0, 0.05) is 10.8 Å². The van der Waals surface area contributed by atoms with Gasteiger partial charge in [0.05, 0.1) is 12.2 Å². The molecule has 3 atom stereocenters. The van der Waals surface area contributed by atoms with Crippen LogP contribution in [0.2, 0.25) is 0 Å². The van der Waals surface area contributed by atoms with E-state index in [9.17, 15) is 0 Å². The predicted molar refractivity (Wildman–Crippen MR) is 64.3 cm³/mol. The van der Waals surface area contributed by atoms with Crippen molar-refractivity contribution in [1.82, 2.24) is 0 Å². The molecule has 2 aliphatic rings. The summed E-state index contributed by atoms with van der Waals surface area (Å²) in [6.45, 7) is 6.64. The van der Waals surface area contributed by atoms with Gasteiger partial charge in [-0.15, -0.1) is 11.6 Å². The van der Waals surface area contributed by atoms with Crippen LogP contribution >= 0.6 is 11.6 Å². The standard InChI is InChI=1S/C13H23ClO/c1-9(2)10(3)15-12-8-11(14)13(12)6-4-5-7-13/h9-12H,4-8H2,1-3H3. The van der Waals surface area contributed by atoms with E-state index < -0.39 is 0 Å². The summed E-state index contributed by atoms with van der Waals surface area (Å²) in [4.78, 5) is 0. The lowest BCUT2D eigenvalue weighted by atomic mass is 9.64. The molecular formula is C13H23ClO. The van der Waals surface area contributed by atoms with Crippen molar-refractivity contribution >= 4 is 11.6 Å². The highest BCUT2D eigenvalue weighted by Crippen LogP contribution is 2.57. The van der Waals surface area contributed by atoms with Crippen molar-refractivity contribution in [2.75, 3.05) is 0 Å². The van der Waals surface area contributed by atoms with Gasteiger partial charge in [0.25, 0.3) is 0 Å². The lowest BCUT2D eigenvalue weighted by Crippen LogP contribution is -2.55. The monoisotopic (exact) mass is 230 g/mol. The van der Waals surface area contributed by atoms with E-state index in [0.717, 1.165) is 6.42 Å². The van der Waals surface area contributed by atoms with Crippen LogP contribution < -0.4 is 0 Å². The van der Waals surface area contributed by atoms with Gasteiger partial charge < -0.3 is 4.74 Å². The molecule has 0 bridgehead atoms. The average molecular weight is 231 g/mol. The fourth-order valence-electron chi connectivity index (χ4n) is 2.97. The molecule has 2 rings (SSSR count). The maximum atomic E-state index is 6.39. The van der Waals surface area contributed by atoms with Gasteiger partial charge in [-0.3, -0.25) is 0 Å². The highest BCUT2D eigenvalue weighted by Gasteiger charge is 2.56. The molecule has 2 aliphatic carbocycles. The zero-order valence-electron chi connectivity index (χ0n) is 10.1. The van der Waals surface area contributed by atoms with Crippen LogP contribution in [-0.2, 0) is 4.74 Å². The van der Waals surface area contributed by atoms with Crippen LogP contribution in [0.15, 0.2) is 0 Å². The molecule has 1 spiro atoms. The van der Waals surface area contributed by atoms with Gasteiger partial charge in [0.2, 0.25) is 0 Å². The third-order valence-electron chi connectivity index (χ3n) is 4.54. The van der Waals surface area contributed by atoms with Gasteiger partial charge in [-0.1, -0.05) is 26.7 Å². The third kappa shape index (κ3) is 1.93. The van der Waals surface area contributed by atoms with Crippen molar-refractivity contribution in [3.8, 4) is 0 Å². The van der Waals surface area contributed by atoms with Gasteiger partial charge in [-0.05, 0) is 32.1 Å². The largest absolute Gasteiger partial charge is 0.374 e. The first kappa shape index (κ1) is 11.7. The smallest absolute Gasteiger partial charge is 0.0663 e. The maximum absolute atomic E-state index is 6.39. The summed E-state index contributed by atoms with van der Waals surface area (Å²) in [5.74, 6) is 0.609. The molecule has 88 valence electrons. The van der Waals surface area contributed by atoms with E-state index >= 15 is 0 Å². The number of rotatable bonds is 3. The van der Waals surface area contributed by atoms with Crippen LogP contribution in [0.5, 0.6) is 0 Å². The summed E-state index contributed by atoms with van der Waals surface area (Å²) in [6, 6.07) is 0. The van der Waals surface area contributed by atoms with Gasteiger partial charge in [0.15, 0.2) is 0 Å². The molecule has 0 radical (unpaired) electrons. The first-order valence-electron chi connectivity index (χ1n) is 6.36. The highest BCUT2D eigenvalue weighted by atomic mass is 35.5. The molecule has 0 aromatic carbocycles. The van der Waals surface area contributed by atoms with Crippen LogP contribution in [0.1, 0.15) is 52.9 Å². The molecule has 2 saturated carbocycles. The maximum Gasteiger partial charge on any atom is 0.0663 e. The van der Waals surface area contributed by atoms with Crippen LogP contribution in [0.25, 0.3) is 0 Å². The molecule has 3 unspecified atom stereocenters. The Morgan fingerprint density at radius 3 is 2.27 bits per heavy atom. The van der Waals surface area contributed by atoms with Gasteiger partial charge in [-0.25, -0.2) is 0 Å². The Kier molecular flexibility index (Phi) is 3.33. The summed E-state index contributed by atoms with van der Waals surface area (Å²) >= 11 is 6.39. The molecule has 0 aliphatic heterocycles. The third-order valence-corrected chi connectivity index (χ3v) is 5.15. The molecule has 2 heteroatoms. The second-order valence-electron chi connectivity index (χ2n) is 5.72. The van der Waals surface area contributed by atoms with E-state index in [4.69, 9.17) is 16.3 Å². The SMILES string of the molecule is CC(C)C(C)OC1CC(Cl)C12CCCC2. The predicted octanol–water partition coefficient (Wildman–Crippen LogP) is 3.99. The van der Waals surface area contributed by atoms with E-state index in [1.54, 1.807) is 0 Å². The molecule has 0 aromatic heterocycles. The number of halogens is 1. The molecule has 0 saturated heterocycles. The van der Waals surface area contributed by atoms with E-state index in [2.05, 4.69) is 20.8 Å². The molecule has 0 aromatic rings. The van der Waals surface area contributed by atoms with Crippen LogP contribution in [0, 0.1) is 11.3 Å². The minimum atomic E-state index is 0.352. The Hall–Kier alpha value is 0.250. The first-order valence-corrected chi connectivity index (χ1v) is 6.79. The Bertz CT molecular complexity index is 221. The minimum absolute atomic E-state index is 0.352. The van der Waals surface area contributed by atoms with Crippen molar-refractivity contribution in [2.24, 2.45) is 11.3 Å². The summed E-state index contributed by atoms with van der Waals surface area (Å²) in [5, 5.41) is 0.379. The molecule has 0 N–H and O–H groups in total. The zero-order valence-corrected chi connectivity index (χ0v) is 10.9. The average Bonchev–Trinajstić information content (AvgIpc) is 2.68. The van der Waals surface area contributed by atoms with Crippen molar-refractivity contribution in [3.63, 3.8) is 0 Å². The van der Waals surface area contributed by atoms with Crippen molar-refractivity contribution in [3.05, 3.63) is 0 Å². The number of hydrogen-bond donors (Lipinski definition) is 0. The summed E-state index contributed by atoms with van der Waals surface area (Å²) in [7, 11) is 0. The normalized spacial score (nSPS) is 35.8. The Morgan fingerprint density at radius 1 is 1.20 bits per heavy atom. The lowest BCUT2D eigenvalue weighted by molar-refractivity contribution is -0.142. The fraction of sp³-hybridized carbons (Fsp3) is 1.00. The minimum Gasteiger partial charge on any atom is -0.374 e. The second-order valence-corrected chi connectivity index (χ2v) is 6.24. The van der Waals surface area contributed by atoms with E-state index in [0.29, 0.717) is 28.9 Å². The van der Waals surface area contributed by atoms with Gasteiger partial charge in [-0.2, -0.15) is 0 Å². The van der Waals surface area contributed by atoms with Crippen LogP contribution in [-0.4, -0.2) is 17.6 Å². The number of alkyl halides is 1. The lowest BCUT2D eigenvalue weighted by Gasteiger charge is -2.52. The highest BCUT2D eigenvalue weighted by molar-refractivity contribution is 6.21.